The lowest BCUT2D eigenvalue weighted by Crippen LogP contribution is -2.16. The summed E-state index contributed by atoms with van der Waals surface area (Å²) in [6.07, 6.45) is 0.952. The third-order valence-electron chi connectivity index (χ3n) is 2.77. The molecule has 0 amide bonds. The Morgan fingerprint density at radius 2 is 1.50 bits per heavy atom. The second-order valence-corrected chi connectivity index (χ2v) is 4.66. The number of benzene rings is 2. The zero-order valence-corrected chi connectivity index (χ0v) is 10.8. The van der Waals surface area contributed by atoms with Gasteiger partial charge >= 0.3 is 0 Å². The van der Waals surface area contributed by atoms with Gasteiger partial charge in [-0.3, -0.25) is 0 Å². The molecule has 0 aromatic heterocycles. The van der Waals surface area contributed by atoms with Crippen molar-refractivity contribution in [3.8, 4) is 5.75 Å². The van der Waals surface area contributed by atoms with Gasteiger partial charge in [-0.1, -0.05) is 35.9 Å². The van der Waals surface area contributed by atoms with E-state index in [2.05, 4.69) is 5.32 Å². The van der Waals surface area contributed by atoms with Crippen molar-refractivity contribution in [3.05, 3.63) is 64.7 Å². The second-order valence-electron chi connectivity index (χ2n) is 4.22. The molecule has 2 nitrogen and oxygen atoms in total. The highest BCUT2D eigenvalue weighted by Crippen LogP contribution is 2.10. The molecule has 0 bridgehead atoms. The fourth-order valence-electron chi connectivity index (χ4n) is 1.73. The summed E-state index contributed by atoms with van der Waals surface area (Å²) in [6.45, 7) is 1.75. The van der Waals surface area contributed by atoms with E-state index < -0.39 is 0 Å². The molecular formula is C15H16ClNO. The van der Waals surface area contributed by atoms with Crippen LogP contribution in [0.25, 0.3) is 0 Å². The highest BCUT2D eigenvalue weighted by Gasteiger charge is 1.95. The molecule has 0 radical (unpaired) electrons. The average Bonchev–Trinajstić information content (AvgIpc) is 2.39. The number of phenols is 1. The summed E-state index contributed by atoms with van der Waals surface area (Å²) in [5.41, 5.74) is 2.45. The molecule has 2 N–H and O–H groups in total. The minimum Gasteiger partial charge on any atom is -0.508 e. The van der Waals surface area contributed by atoms with Crippen LogP contribution in [-0.4, -0.2) is 11.7 Å². The molecule has 0 unspecified atom stereocenters. The lowest BCUT2D eigenvalue weighted by molar-refractivity contribution is 0.475. The first-order valence-electron chi connectivity index (χ1n) is 5.97. The van der Waals surface area contributed by atoms with Gasteiger partial charge in [-0.2, -0.15) is 0 Å². The number of nitrogens with one attached hydrogen (secondary N) is 1. The molecule has 18 heavy (non-hydrogen) atoms. The molecule has 0 fully saturated rings. The third kappa shape index (κ3) is 4.06. The van der Waals surface area contributed by atoms with Gasteiger partial charge in [0.2, 0.25) is 0 Å². The molecule has 2 aromatic carbocycles. The number of aromatic hydroxyl groups is 1. The van der Waals surface area contributed by atoms with Gasteiger partial charge in [-0.05, 0) is 48.4 Å². The van der Waals surface area contributed by atoms with E-state index in [0.29, 0.717) is 5.75 Å². The van der Waals surface area contributed by atoms with Crippen LogP contribution in [0, 0.1) is 0 Å². The zero-order valence-electron chi connectivity index (χ0n) is 10.1. The highest BCUT2D eigenvalue weighted by atomic mass is 35.5. The Bertz CT molecular complexity index is 431. The van der Waals surface area contributed by atoms with Crippen LogP contribution in [0.15, 0.2) is 48.5 Å². The highest BCUT2D eigenvalue weighted by molar-refractivity contribution is 6.30. The summed E-state index contributed by atoms with van der Waals surface area (Å²) >= 11 is 5.82. The van der Waals surface area contributed by atoms with Crippen LogP contribution in [0.4, 0.5) is 0 Å². The van der Waals surface area contributed by atoms with Crippen LogP contribution in [0.5, 0.6) is 5.75 Å². The predicted octanol–water partition coefficient (Wildman–Crippen LogP) is 3.38. The standard InChI is InChI=1S/C15H16ClNO/c16-14-5-1-13(2-6-14)11-17-10-9-12-3-7-15(18)8-4-12/h1-8,17-18H,9-11H2. The van der Waals surface area contributed by atoms with E-state index in [1.807, 2.05) is 36.4 Å². The van der Waals surface area contributed by atoms with E-state index in [0.717, 1.165) is 24.5 Å². The molecule has 0 saturated carbocycles. The maximum absolute atomic E-state index is 9.17. The van der Waals surface area contributed by atoms with Gasteiger partial charge in [0.25, 0.3) is 0 Å². The summed E-state index contributed by atoms with van der Waals surface area (Å²) in [4.78, 5) is 0. The molecular weight excluding hydrogens is 246 g/mol. The van der Waals surface area contributed by atoms with Gasteiger partial charge in [0.05, 0.1) is 0 Å². The van der Waals surface area contributed by atoms with Gasteiger partial charge in [-0.15, -0.1) is 0 Å². The van der Waals surface area contributed by atoms with Crippen LogP contribution >= 0.6 is 11.6 Å². The lowest BCUT2D eigenvalue weighted by Gasteiger charge is -2.05. The molecule has 94 valence electrons. The molecule has 0 aliphatic rings. The van der Waals surface area contributed by atoms with E-state index in [1.54, 1.807) is 12.1 Å². The summed E-state index contributed by atoms with van der Waals surface area (Å²) in [6, 6.07) is 15.2. The van der Waals surface area contributed by atoms with Gasteiger partial charge in [0.1, 0.15) is 5.75 Å². The topological polar surface area (TPSA) is 32.3 Å². The Morgan fingerprint density at radius 1 is 0.889 bits per heavy atom. The van der Waals surface area contributed by atoms with Crippen LogP contribution in [0.3, 0.4) is 0 Å². The Labute approximate surface area is 112 Å². The van der Waals surface area contributed by atoms with Crippen molar-refractivity contribution in [2.75, 3.05) is 6.54 Å². The molecule has 2 aromatic rings. The van der Waals surface area contributed by atoms with Crippen molar-refractivity contribution < 1.29 is 5.11 Å². The maximum atomic E-state index is 9.17. The monoisotopic (exact) mass is 261 g/mol. The van der Waals surface area contributed by atoms with Crippen molar-refractivity contribution in [1.82, 2.24) is 5.32 Å². The van der Waals surface area contributed by atoms with Gasteiger partial charge in [-0.25, -0.2) is 0 Å². The van der Waals surface area contributed by atoms with E-state index in [4.69, 9.17) is 11.6 Å². The number of phenolic OH excluding ortho intramolecular Hbond substituents is 1. The Hall–Kier alpha value is -1.51. The SMILES string of the molecule is Oc1ccc(CCNCc2ccc(Cl)cc2)cc1. The Kier molecular flexibility index (Phi) is 4.62. The molecule has 3 heteroatoms. The summed E-state index contributed by atoms with van der Waals surface area (Å²) in [7, 11) is 0. The molecule has 0 heterocycles. The molecule has 0 aliphatic carbocycles. The predicted molar refractivity (Wildman–Crippen MR) is 75.0 cm³/mol. The summed E-state index contributed by atoms with van der Waals surface area (Å²) < 4.78 is 0. The normalized spacial score (nSPS) is 10.5. The smallest absolute Gasteiger partial charge is 0.115 e. The molecule has 0 saturated heterocycles. The van der Waals surface area contributed by atoms with Gasteiger partial charge < -0.3 is 10.4 Å². The van der Waals surface area contributed by atoms with Crippen LogP contribution in [0.1, 0.15) is 11.1 Å². The van der Waals surface area contributed by atoms with Crippen molar-refractivity contribution in [2.45, 2.75) is 13.0 Å². The minimum atomic E-state index is 0.313. The Balaban J connectivity index is 1.73. The van der Waals surface area contributed by atoms with E-state index in [9.17, 15) is 5.11 Å². The van der Waals surface area contributed by atoms with E-state index in [-0.39, 0.29) is 0 Å². The fourth-order valence-corrected chi connectivity index (χ4v) is 1.86. The number of halogens is 1. The Morgan fingerprint density at radius 3 is 2.17 bits per heavy atom. The van der Waals surface area contributed by atoms with Crippen LogP contribution in [0.2, 0.25) is 5.02 Å². The molecule has 0 aliphatic heterocycles. The first kappa shape index (κ1) is 12.9. The molecule has 0 spiro atoms. The second kappa shape index (κ2) is 6.43. The summed E-state index contributed by atoms with van der Waals surface area (Å²) in [5.74, 6) is 0.313. The first-order chi connectivity index (χ1) is 8.74. The average molecular weight is 262 g/mol. The van der Waals surface area contributed by atoms with Crippen molar-refractivity contribution in [3.63, 3.8) is 0 Å². The largest absolute Gasteiger partial charge is 0.508 e. The fraction of sp³-hybridized carbons (Fsp3) is 0.200. The zero-order chi connectivity index (χ0) is 12.8. The van der Waals surface area contributed by atoms with Crippen LogP contribution in [-0.2, 0) is 13.0 Å². The first-order valence-corrected chi connectivity index (χ1v) is 6.35. The molecule has 0 atom stereocenters. The maximum Gasteiger partial charge on any atom is 0.115 e. The lowest BCUT2D eigenvalue weighted by atomic mass is 10.1. The van der Waals surface area contributed by atoms with E-state index in [1.165, 1.54) is 11.1 Å². The van der Waals surface area contributed by atoms with Crippen molar-refractivity contribution >= 4 is 11.6 Å². The number of hydrogen-bond donors (Lipinski definition) is 2. The third-order valence-corrected chi connectivity index (χ3v) is 3.02. The molecule has 2 rings (SSSR count). The van der Waals surface area contributed by atoms with Gasteiger partial charge in [0.15, 0.2) is 0 Å². The van der Waals surface area contributed by atoms with Gasteiger partial charge in [0, 0.05) is 11.6 Å². The quantitative estimate of drug-likeness (QED) is 0.809. The van der Waals surface area contributed by atoms with E-state index >= 15 is 0 Å². The van der Waals surface area contributed by atoms with Crippen molar-refractivity contribution in [1.29, 1.82) is 0 Å². The summed E-state index contributed by atoms with van der Waals surface area (Å²) in [5, 5.41) is 13.3. The van der Waals surface area contributed by atoms with Crippen molar-refractivity contribution in [2.24, 2.45) is 0 Å². The number of hydrogen-bond acceptors (Lipinski definition) is 2. The van der Waals surface area contributed by atoms with Crippen LogP contribution < -0.4 is 5.32 Å². The minimum absolute atomic E-state index is 0.313. The number of rotatable bonds is 5.